The molecule has 0 amide bonds. The standard InChI is InChI=1S/C15H12O10/c16-8-1-6(2-9(17)14(8)22)24-12(20)5-13(21)25-7-3-10(18)15(23)11(19)4-7/h1-4,16-19,22-23H,5H2. The van der Waals surface area contributed by atoms with E-state index in [0.29, 0.717) is 0 Å². The summed E-state index contributed by atoms with van der Waals surface area (Å²) in [4.78, 5) is 23.2. The van der Waals surface area contributed by atoms with Gasteiger partial charge in [-0.05, 0) is 0 Å². The van der Waals surface area contributed by atoms with Gasteiger partial charge < -0.3 is 40.1 Å². The molecular formula is C15H12O10. The molecule has 0 aliphatic carbocycles. The average molecular weight is 352 g/mol. The van der Waals surface area contributed by atoms with E-state index in [1.165, 1.54) is 0 Å². The highest BCUT2D eigenvalue weighted by Crippen LogP contribution is 2.39. The molecule has 0 saturated carbocycles. The molecule has 2 aromatic carbocycles. The molecule has 25 heavy (non-hydrogen) atoms. The van der Waals surface area contributed by atoms with Gasteiger partial charge in [0.15, 0.2) is 23.0 Å². The molecule has 0 unspecified atom stereocenters. The molecule has 0 aromatic heterocycles. The maximum absolute atomic E-state index is 11.6. The molecule has 0 atom stereocenters. The number of hydrogen-bond acceptors (Lipinski definition) is 10. The topological polar surface area (TPSA) is 174 Å². The van der Waals surface area contributed by atoms with Crippen LogP contribution in [0.5, 0.6) is 46.0 Å². The number of phenols is 6. The molecule has 2 rings (SSSR count). The van der Waals surface area contributed by atoms with Gasteiger partial charge in [0, 0.05) is 24.3 Å². The summed E-state index contributed by atoms with van der Waals surface area (Å²) >= 11 is 0. The van der Waals surface area contributed by atoms with Crippen molar-refractivity contribution in [1.82, 2.24) is 0 Å². The van der Waals surface area contributed by atoms with Crippen LogP contribution in [0.15, 0.2) is 24.3 Å². The maximum Gasteiger partial charge on any atom is 0.322 e. The van der Waals surface area contributed by atoms with E-state index < -0.39 is 52.9 Å². The number of carbonyl (C=O) groups excluding carboxylic acids is 2. The Morgan fingerprint density at radius 1 is 0.640 bits per heavy atom. The van der Waals surface area contributed by atoms with Gasteiger partial charge in [-0.2, -0.15) is 0 Å². The Balaban J connectivity index is 2.00. The highest BCUT2D eigenvalue weighted by atomic mass is 16.6. The molecular weight excluding hydrogens is 340 g/mol. The van der Waals surface area contributed by atoms with Crippen LogP contribution in [-0.2, 0) is 9.59 Å². The molecule has 10 heteroatoms. The normalized spacial score (nSPS) is 10.2. The van der Waals surface area contributed by atoms with Crippen molar-refractivity contribution >= 4 is 11.9 Å². The van der Waals surface area contributed by atoms with Crippen LogP contribution in [0.4, 0.5) is 0 Å². The maximum atomic E-state index is 11.6. The third-order valence-corrected chi connectivity index (χ3v) is 2.84. The van der Waals surface area contributed by atoms with E-state index >= 15 is 0 Å². The average Bonchev–Trinajstić information content (AvgIpc) is 2.49. The van der Waals surface area contributed by atoms with Gasteiger partial charge in [0.1, 0.15) is 17.9 Å². The second-order valence-corrected chi connectivity index (χ2v) is 4.75. The van der Waals surface area contributed by atoms with E-state index in [0.717, 1.165) is 24.3 Å². The fraction of sp³-hybridized carbons (Fsp3) is 0.0667. The molecule has 0 fully saturated rings. The number of ether oxygens (including phenoxy) is 2. The Labute approximate surface area is 139 Å². The van der Waals surface area contributed by atoms with Crippen LogP contribution >= 0.6 is 0 Å². The van der Waals surface area contributed by atoms with Gasteiger partial charge in [-0.25, -0.2) is 0 Å². The number of esters is 2. The summed E-state index contributed by atoms with van der Waals surface area (Å²) in [5.41, 5.74) is 0. The van der Waals surface area contributed by atoms with Gasteiger partial charge in [0.05, 0.1) is 0 Å². The fourth-order valence-corrected chi connectivity index (χ4v) is 1.73. The van der Waals surface area contributed by atoms with Crippen LogP contribution in [0.2, 0.25) is 0 Å². The molecule has 0 aliphatic rings. The lowest BCUT2D eigenvalue weighted by Gasteiger charge is -2.08. The quantitative estimate of drug-likeness (QED) is 0.200. The largest absolute Gasteiger partial charge is 0.504 e. The van der Waals surface area contributed by atoms with Gasteiger partial charge >= 0.3 is 11.9 Å². The molecule has 0 heterocycles. The molecule has 0 spiro atoms. The second kappa shape index (κ2) is 6.74. The SMILES string of the molecule is O=C(CC(=O)Oc1cc(O)c(O)c(O)c1)Oc1cc(O)c(O)c(O)c1. The van der Waals surface area contributed by atoms with Crippen LogP contribution in [0, 0.1) is 0 Å². The zero-order valence-corrected chi connectivity index (χ0v) is 12.3. The molecule has 132 valence electrons. The van der Waals surface area contributed by atoms with Gasteiger partial charge in [0.25, 0.3) is 0 Å². The number of carbonyl (C=O) groups is 2. The van der Waals surface area contributed by atoms with Crippen LogP contribution < -0.4 is 9.47 Å². The van der Waals surface area contributed by atoms with E-state index in [1.54, 1.807) is 0 Å². The lowest BCUT2D eigenvalue weighted by atomic mass is 10.2. The summed E-state index contributed by atoms with van der Waals surface area (Å²) in [6.07, 6.45) is -0.884. The Kier molecular flexibility index (Phi) is 4.73. The molecule has 0 aliphatic heterocycles. The lowest BCUT2D eigenvalue weighted by Crippen LogP contribution is -2.18. The van der Waals surface area contributed by atoms with Crippen molar-refractivity contribution in [1.29, 1.82) is 0 Å². The highest BCUT2D eigenvalue weighted by Gasteiger charge is 2.18. The summed E-state index contributed by atoms with van der Waals surface area (Å²) in [5.74, 6) is -7.42. The monoisotopic (exact) mass is 352 g/mol. The third-order valence-electron chi connectivity index (χ3n) is 2.84. The fourth-order valence-electron chi connectivity index (χ4n) is 1.73. The number of aromatic hydroxyl groups is 6. The smallest absolute Gasteiger partial charge is 0.322 e. The first-order valence-electron chi connectivity index (χ1n) is 6.58. The zero-order valence-electron chi connectivity index (χ0n) is 12.3. The van der Waals surface area contributed by atoms with Gasteiger partial charge in [-0.1, -0.05) is 0 Å². The van der Waals surface area contributed by atoms with Crippen molar-refractivity contribution in [2.45, 2.75) is 6.42 Å². The van der Waals surface area contributed by atoms with Crippen LogP contribution in [0.25, 0.3) is 0 Å². The minimum Gasteiger partial charge on any atom is -0.504 e. The van der Waals surface area contributed by atoms with Crippen molar-refractivity contribution in [3.8, 4) is 46.0 Å². The molecule has 6 N–H and O–H groups in total. The van der Waals surface area contributed by atoms with Crippen molar-refractivity contribution in [2.24, 2.45) is 0 Å². The Hall–Kier alpha value is -3.82. The Morgan fingerprint density at radius 3 is 1.20 bits per heavy atom. The molecule has 0 bridgehead atoms. The van der Waals surface area contributed by atoms with Crippen molar-refractivity contribution in [2.75, 3.05) is 0 Å². The van der Waals surface area contributed by atoms with E-state index in [1.807, 2.05) is 0 Å². The first-order chi connectivity index (χ1) is 11.7. The van der Waals surface area contributed by atoms with E-state index in [-0.39, 0.29) is 11.5 Å². The molecule has 10 nitrogen and oxygen atoms in total. The number of benzene rings is 2. The first kappa shape index (κ1) is 17.5. The van der Waals surface area contributed by atoms with E-state index in [4.69, 9.17) is 19.7 Å². The number of phenolic OH excluding ortho intramolecular Hbond substituents is 6. The highest BCUT2D eigenvalue weighted by molar-refractivity contribution is 5.93. The summed E-state index contributed by atoms with van der Waals surface area (Å²) in [7, 11) is 0. The number of rotatable bonds is 4. The molecule has 2 aromatic rings. The molecule has 0 radical (unpaired) electrons. The molecule has 0 saturated heterocycles. The predicted octanol–water partition coefficient (Wildman–Crippen LogP) is 0.821. The van der Waals surface area contributed by atoms with Crippen molar-refractivity contribution in [3.05, 3.63) is 24.3 Å². The summed E-state index contributed by atoms with van der Waals surface area (Å²) in [6, 6.07) is 3.37. The first-order valence-corrected chi connectivity index (χ1v) is 6.58. The van der Waals surface area contributed by atoms with Crippen LogP contribution in [0.3, 0.4) is 0 Å². The summed E-state index contributed by atoms with van der Waals surface area (Å²) in [6.45, 7) is 0. The van der Waals surface area contributed by atoms with Gasteiger partial charge in [-0.3, -0.25) is 9.59 Å². The lowest BCUT2D eigenvalue weighted by molar-refractivity contribution is -0.144. The minimum absolute atomic E-state index is 0.328. The zero-order chi connectivity index (χ0) is 18.7. The van der Waals surface area contributed by atoms with Crippen LogP contribution in [-0.4, -0.2) is 42.6 Å². The van der Waals surface area contributed by atoms with Crippen LogP contribution in [0.1, 0.15) is 6.42 Å². The van der Waals surface area contributed by atoms with E-state index in [2.05, 4.69) is 0 Å². The van der Waals surface area contributed by atoms with Crippen molar-refractivity contribution in [3.63, 3.8) is 0 Å². The number of hydrogen-bond donors (Lipinski definition) is 6. The van der Waals surface area contributed by atoms with Gasteiger partial charge in [0.2, 0.25) is 11.5 Å². The summed E-state index contributed by atoms with van der Waals surface area (Å²) < 4.78 is 9.39. The Bertz CT molecular complexity index is 727. The summed E-state index contributed by atoms with van der Waals surface area (Å²) in [5, 5.41) is 55.5. The third kappa shape index (κ3) is 4.13. The second-order valence-electron chi connectivity index (χ2n) is 4.75. The van der Waals surface area contributed by atoms with Crippen molar-refractivity contribution < 1.29 is 49.7 Å². The Morgan fingerprint density at radius 2 is 0.920 bits per heavy atom. The predicted molar refractivity (Wildman–Crippen MR) is 78.8 cm³/mol. The van der Waals surface area contributed by atoms with Gasteiger partial charge in [-0.15, -0.1) is 0 Å². The van der Waals surface area contributed by atoms with E-state index in [9.17, 15) is 30.0 Å². The minimum atomic E-state index is -1.11.